The smallest absolute Gasteiger partial charge is 0.327 e. The van der Waals surface area contributed by atoms with Crippen LogP contribution in [0.4, 0.5) is 5.82 Å². The number of H-pyrrole nitrogens is 5. The molecule has 3 aromatic heterocycles. The molecule has 7 N–H and O–H groups in total. The van der Waals surface area contributed by atoms with Gasteiger partial charge in [-0.15, -0.1) is 0 Å². The molecule has 0 radical (unpaired) electrons. The quantitative estimate of drug-likeness (QED) is 0.303. The first-order valence-electron chi connectivity index (χ1n) is 8.87. The number of aromatic amines is 5. The second kappa shape index (κ2) is 6.51. The minimum absolute atomic E-state index is 0.0526. The van der Waals surface area contributed by atoms with Crippen LogP contribution in [0.1, 0.15) is 25.3 Å². The summed E-state index contributed by atoms with van der Waals surface area (Å²) in [6.45, 7) is 4.13. The molecule has 4 aromatic rings. The minimum Gasteiger partial charge on any atom is -0.384 e. The Morgan fingerprint density at radius 1 is 0.759 bits per heavy atom. The van der Waals surface area contributed by atoms with Gasteiger partial charge in [0.1, 0.15) is 11.5 Å². The summed E-state index contributed by atoms with van der Waals surface area (Å²) in [6, 6.07) is 7.54. The first-order valence-corrected chi connectivity index (χ1v) is 8.87. The van der Waals surface area contributed by atoms with Gasteiger partial charge in [0.25, 0.3) is 11.1 Å². The number of rotatable bonds is 3. The highest BCUT2D eigenvalue weighted by Gasteiger charge is 2.23. The molecule has 29 heavy (non-hydrogen) atoms. The van der Waals surface area contributed by atoms with Crippen LogP contribution < -0.4 is 28.2 Å². The zero-order valence-corrected chi connectivity index (χ0v) is 15.6. The van der Waals surface area contributed by atoms with E-state index in [0.29, 0.717) is 17.2 Å². The second-order valence-electron chi connectivity index (χ2n) is 7.01. The maximum atomic E-state index is 12.6. The van der Waals surface area contributed by atoms with Gasteiger partial charge in [-0.05, 0) is 17.0 Å². The van der Waals surface area contributed by atoms with Crippen molar-refractivity contribution in [2.45, 2.75) is 19.8 Å². The Labute approximate surface area is 161 Å². The third kappa shape index (κ3) is 3.00. The Morgan fingerprint density at radius 2 is 1.38 bits per heavy atom. The molecule has 0 aliphatic carbocycles. The number of benzene rings is 1. The van der Waals surface area contributed by atoms with E-state index in [1.54, 1.807) is 0 Å². The van der Waals surface area contributed by atoms with Crippen LogP contribution in [0.25, 0.3) is 33.4 Å². The van der Waals surface area contributed by atoms with E-state index < -0.39 is 22.5 Å². The predicted octanol–water partition coefficient (Wildman–Crippen LogP) is 0.961. The fourth-order valence-electron chi connectivity index (χ4n) is 3.38. The molecule has 0 aliphatic rings. The average molecular weight is 394 g/mol. The molecule has 10 nitrogen and oxygen atoms in total. The van der Waals surface area contributed by atoms with Crippen LogP contribution in [0, 0.1) is 0 Å². The zero-order valence-electron chi connectivity index (χ0n) is 15.6. The first-order chi connectivity index (χ1) is 13.8. The SMILES string of the molecule is CC(C)c1ccc(-c2[nH]c3[nH]c(=O)[nH]c(=O)c3c2-c2c(N)[nH]c(=O)[nH]c2=O)cc1. The number of nitrogen functional groups attached to an aromatic ring is 1. The number of nitrogens with one attached hydrogen (secondary N) is 5. The summed E-state index contributed by atoms with van der Waals surface area (Å²) in [7, 11) is 0. The molecule has 0 amide bonds. The van der Waals surface area contributed by atoms with Crippen LogP contribution in [0.2, 0.25) is 0 Å². The van der Waals surface area contributed by atoms with Crippen molar-refractivity contribution in [1.82, 2.24) is 24.9 Å². The van der Waals surface area contributed by atoms with Crippen LogP contribution in [0.3, 0.4) is 0 Å². The number of hydrogen-bond acceptors (Lipinski definition) is 5. The highest BCUT2D eigenvalue weighted by molar-refractivity contribution is 6.03. The van der Waals surface area contributed by atoms with E-state index >= 15 is 0 Å². The summed E-state index contributed by atoms with van der Waals surface area (Å²) in [4.78, 5) is 60.5. The fourth-order valence-corrected chi connectivity index (χ4v) is 3.38. The van der Waals surface area contributed by atoms with Crippen molar-refractivity contribution >= 4 is 16.9 Å². The van der Waals surface area contributed by atoms with Crippen molar-refractivity contribution in [2.24, 2.45) is 0 Å². The third-order valence-electron chi connectivity index (χ3n) is 4.78. The predicted molar refractivity (Wildman–Crippen MR) is 110 cm³/mol. The number of fused-ring (bicyclic) bond motifs is 1. The Balaban J connectivity index is 2.14. The molecule has 0 spiro atoms. The molecule has 0 fully saturated rings. The van der Waals surface area contributed by atoms with Gasteiger partial charge in [-0.1, -0.05) is 38.1 Å². The highest BCUT2D eigenvalue weighted by Crippen LogP contribution is 2.36. The molecule has 0 saturated carbocycles. The summed E-state index contributed by atoms with van der Waals surface area (Å²) in [5.41, 5.74) is 5.47. The van der Waals surface area contributed by atoms with Gasteiger partial charge in [-0.3, -0.25) is 29.5 Å². The third-order valence-corrected chi connectivity index (χ3v) is 4.78. The molecular weight excluding hydrogens is 376 g/mol. The molecule has 0 atom stereocenters. The standard InChI is InChI=1S/C19H18N6O4/c1-7(2)8-3-5-9(6-4-8)13-10(11-14(20)22-18(28)24-16(11)26)12-15(21-13)23-19(29)25-17(12)27/h3-7H,1-2H3,(H4,20,22,24,26,28)(H3,21,23,25,27,29). The molecule has 0 aliphatic heterocycles. The Kier molecular flexibility index (Phi) is 4.11. The Morgan fingerprint density at radius 3 is 2.00 bits per heavy atom. The maximum Gasteiger partial charge on any atom is 0.327 e. The second-order valence-corrected chi connectivity index (χ2v) is 7.01. The first kappa shape index (κ1) is 18.3. The van der Waals surface area contributed by atoms with Gasteiger partial charge < -0.3 is 10.7 Å². The topological polar surface area (TPSA) is 173 Å². The monoisotopic (exact) mass is 394 g/mol. The molecule has 4 rings (SSSR count). The number of nitrogens with two attached hydrogens (primary N) is 1. The van der Waals surface area contributed by atoms with Crippen LogP contribution in [-0.4, -0.2) is 24.9 Å². The summed E-state index contributed by atoms with van der Waals surface area (Å²) >= 11 is 0. The summed E-state index contributed by atoms with van der Waals surface area (Å²) in [5, 5.41) is 0.0526. The lowest BCUT2D eigenvalue weighted by molar-refractivity contribution is 0.867. The molecule has 148 valence electrons. The van der Waals surface area contributed by atoms with Gasteiger partial charge in [-0.25, -0.2) is 9.59 Å². The van der Waals surface area contributed by atoms with Crippen molar-refractivity contribution in [1.29, 1.82) is 0 Å². The van der Waals surface area contributed by atoms with Crippen molar-refractivity contribution < 1.29 is 0 Å². The van der Waals surface area contributed by atoms with E-state index in [0.717, 1.165) is 5.56 Å². The van der Waals surface area contributed by atoms with Crippen LogP contribution in [-0.2, 0) is 0 Å². The van der Waals surface area contributed by atoms with Gasteiger partial charge in [0.15, 0.2) is 0 Å². The number of hydrogen-bond donors (Lipinski definition) is 6. The van der Waals surface area contributed by atoms with E-state index in [-0.39, 0.29) is 28.0 Å². The van der Waals surface area contributed by atoms with E-state index in [1.165, 1.54) is 0 Å². The Bertz CT molecular complexity index is 1460. The van der Waals surface area contributed by atoms with E-state index in [2.05, 4.69) is 38.8 Å². The summed E-state index contributed by atoms with van der Waals surface area (Å²) in [6.07, 6.45) is 0. The number of aromatic nitrogens is 5. The van der Waals surface area contributed by atoms with E-state index in [1.807, 2.05) is 24.3 Å². The van der Waals surface area contributed by atoms with E-state index in [9.17, 15) is 19.2 Å². The molecule has 0 saturated heterocycles. The van der Waals surface area contributed by atoms with Crippen LogP contribution in [0.5, 0.6) is 0 Å². The van der Waals surface area contributed by atoms with Gasteiger partial charge in [0.2, 0.25) is 0 Å². The number of anilines is 1. The van der Waals surface area contributed by atoms with Crippen molar-refractivity contribution in [3.63, 3.8) is 0 Å². The lowest BCUT2D eigenvalue weighted by Crippen LogP contribution is -2.26. The molecule has 3 heterocycles. The average Bonchev–Trinajstić information content (AvgIpc) is 3.00. The zero-order chi connectivity index (χ0) is 20.9. The van der Waals surface area contributed by atoms with E-state index in [4.69, 9.17) is 5.73 Å². The van der Waals surface area contributed by atoms with Crippen molar-refractivity contribution in [3.05, 3.63) is 71.5 Å². The molecule has 0 bridgehead atoms. The van der Waals surface area contributed by atoms with Crippen molar-refractivity contribution in [3.8, 4) is 22.4 Å². The highest BCUT2D eigenvalue weighted by atomic mass is 16.2. The Hall–Kier alpha value is -4.08. The molecule has 10 heteroatoms. The van der Waals surface area contributed by atoms with Gasteiger partial charge in [-0.2, -0.15) is 0 Å². The normalized spacial score (nSPS) is 11.4. The minimum atomic E-state index is -0.763. The van der Waals surface area contributed by atoms with Crippen LogP contribution >= 0.6 is 0 Å². The van der Waals surface area contributed by atoms with Gasteiger partial charge in [0, 0.05) is 5.56 Å². The molecular formula is C19H18N6O4. The lowest BCUT2D eigenvalue weighted by atomic mass is 9.97. The molecule has 1 aromatic carbocycles. The molecule has 0 unspecified atom stereocenters. The van der Waals surface area contributed by atoms with Crippen molar-refractivity contribution in [2.75, 3.05) is 5.73 Å². The lowest BCUT2D eigenvalue weighted by Gasteiger charge is -2.09. The van der Waals surface area contributed by atoms with Gasteiger partial charge >= 0.3 is 11.4 Å². The summed E-state index contributed by atoms with van der Waals surface area (Å²) in [5.74, 6) is 0.133. The van der Waals surface area contributed by atoms with Gasteiger partial charge in [0.05, 0.1) is 16.6 Å². The summed E-state index contributed by atoms with van der Waals surface area (Å²) < 4.78 is 0. The largest absolute Gasteiger partial charge is 0.384 e. The maximum absolute atomic E-state index is 12.6. The van der Waals surface area contributed by atoms with Crippen LogP contribution in [0.15, 0.2) is 43.4 Å². The fraction of sp³-hybridized carbons (Fsp3) is 0.158.